The summed E-state index contributed by atoms with van der Waals surface area (Å²) in [6.45, 7) is 17.0. The van der Waals surface area contributed by atoms with E-state index in [1.54, 1.807) is 0 Å². The van der Waals surface area contributed by atoms with Crippen molar-refractivity contribution in [2.45, 2.75) is 72.8 Å². The fourth-order valence-corrected chi connectivity index (χ4v) is 2.78. The summed E-state index contributed by atoms with van der Waals surface area (Å²) in [5.41, 5.74) is 3.14. The predicted octanol–water partition coefficient (Wildman–Crippen LogP) is 5.19. The molecule has 0 saturated carbocycles. The van der Waals surface area contributed by atoms with Gasteiger partial charge < -0.3 is 5.32 Å². The number of nitrogens with one attached hydrogen (secondary N) is 1. The standard InChI is InChI=1S/C20H35N/c1-15(2)12-18(14-21-16(3)4)13-17-8-10-19(11-9-17)20(5,6)7/h8-11,15-16,18,21H,12-14H2,1-7H3. The van der Waals surface area contributed by atoms with Crippen LogP contribution in [0.25, 0.3) is 0 Å². The van der Waals surface area contributed by atoms with Gasteiger partial charge in [-0.2, -0.15) is 0 Å². The van der Waals surface area contributed by atoms with Crippen LogP contribution in [0.3, 0.4) is 0 Å². The highest BCUT2D eigenvalue weighted by molar-refractivity contribution is 5.27. The molecule has 0 aliphatic heterocycles. The zero-order valence-electron chi connectivity index (χ0n) is 15.2. The third-order valence-corrected chi connectivity index (χ3v) is 3.96. The summed E-state index contributed by atoms with van der Waals surface area (Å²) in [4.78, 5) is 0. The van der Waals surface area contributed by atoms with Gasteiger partial charge in [0.2, 0.25) is 0 Å². The highest BCUT2D eigenvalue weighted by Gasteiger charge is 2.15. The topological polar surface area (TPSA) is 12.0 Å². The first kappa shape index (κ1) is 18.2. The second-order valence-corrected chi connectivity index (χ2v) is 8.21. The van der Waals surface area contributed by atoms with Crippen molar-refractivity contribution in [2.24, 2.45) is 11.8 Å². The molecule has 1 N–H and O–H groups in total. The molecule has 21 heavy (non-hydrogen) atoms. The van der Waals surface area contributed by atoms with E-state index >= 15 is 0 Å². The zero-order valence-corrected chi connectivity index (χ0v) is 15.2. The lowest BCUT2D eigenvalue weighted by Crippen LogP contribution is -2.30. The average molecular weight is 290 g/mol. The molecule has 1 unspecified atom stereocenters. The predicted molar refractivity (Wildman–Crippen MR) is 94.9 cm³/mol. The second-order valence-electron chi connectivity index (χ2n) is 8.21. The molecule has 0 heterocycles. The Bertz CT molecular complexity index is 395. The van der Waals surface area contributed by atoms with Gasteiger partial charge in [0.15, 0.2) is 0 Å². The quantitative estimate of drug-likeness (QED) is 0.728. The normalized spacial score (nSPS) is 14.0. The molecule has 0 aliphatic rings. The maximum Gasteiger partial charge on any atom is 0.00104 e. The lowest BCUT2D eigenvalue weighted by atomic mass is 9.85. The van der Waals surface area contributed by atoms with Crippen molar-refractivity contribution >= 4 is 0 Å². The van der Waals surface area contributed by atoms with Gasteiger partial charge >= 0.3 is 0 Å². The lowest BCUT2D eigenvalue weighted by molar-refractivity contribution is 0.373. The number of hydrogen-bond acceptors (Lipinski definition) is 1. The molecule has 1 nitrogen and oxygen atoms in total. The van der Waals surface area contributed by atoms with Gasteiger partial charge in [0.25, 0.3) is 0 Å². The van der Waals surface area contributed by atoms with Crippen molar-refractivity contribution in [1.82, 2.24) is 5.32 Å². The first-order chi connectivity index (χ1) is 9.68. The Kier molecular flexibility index (Phi) is 6.93. The first-order valence-electron chi connectivity index (χ1n) is 8.51. The minimum atomic E-state index is 0.245. The third kappa shape index (κ3) is 7.13. The molecule has 1 heteroatoms. The van der Waals surface area contributed by atoms with Gasteiger partial charge in [-0.1, -0.05) is 72.7 Å². The Labute approximate surface area is 132 Å². The number of rotatable bonds is 7. The molecule has 0 fully saturated rings. The van der Waals surface area contributed by atoms with Crippen LogP contribution in [0.4, 0.5) is 0 Å². The van der Waals surface area contributed by atoms with Crippen LogP contribution >= 0.6 is 0 Å². The van der Waals surface area contributed by atoms with Crippen molar-refractivity contribution in [3.05, 3.63) is 35.4 Å². The van der Waals surface area contributed by atoms with Gasteiger partial charge in [0, 0.05) is 6.04 Å². The van der Waals surface area contributed by atoms with Gasteiger partial charge in [-0.05, 0) is 47.8 Å². The van der Waals surface area contributed by atoms with Crippen LogP contribution in [0.5, 0.6) is 0 Å². The summed E-state index contributed by atoms with van der Waals surface area (Å²) in [6, 6.07) is 9.82. The zero-order chi connectivity index (χ0) is 16.0. The Balaban J connectivity index is 2.69. The summed E-state index contributed by atoms with van der Waals surface area (Å²) < 4.78 is 0. The monoisotopic (exact) mass is 289 g/mol. The molecule has 120 valence electrons. The molecule has 0 aromatic heterocycles. The van der Waals surface area contributed by atoms with Crippen molar-refractivity contribution < 1.29 is 0 Å². The van der Waals surface area contributed by atoms with Gasteiger partial charge in [-0.25, -0.2) is 0 Å². The Morgan fingerprint density at radius 2 is 1.52 bits per heavy atom. The molecule has 0 aliphatic carbocycles. The maximum absolute atomic E-state index is 3.61. The van der Waals surface area contributed by atoms with E-state index in [1.165, 1.54) is 24.0 Å². The second kappa shape index (κ2) is 7.98. The summed E-state index contributed by atoms with van der Waals surface area (Å²) in [7, 11) is 0. The minimum absolute atomic E-state index is 0.245. The van der Waals surface area contributed by atoms with E-state index in [0.29, 0.717) is 6.04 Å². The largest absolute Gasteiger partial charge is 0.314 e. The molecule has 0 spiro atoms. The van der Waals surface area contributed by atoms with E-state index in [4.69, 9.17) is 0 Å². The third-order valence-electron chi connectivity index (χ3n) is 3.96. The smallest absolute Gasteiger partial charge is 0.00104 e. The van der Waals surface area contributed by atoms with E-state index < -0.39 is 0 Å². The van der Waals surface area contributed by atoms with Crippen molar-refractivity contribution in [2.75, 3.05) is 6.54 Å². The fraction of sp³-hybridized carbons (Fsp3) is 0.700. The van der Waals surface area contributed by atoms with Crippen LogP contribution in [-0.2, 0) is 11.8 Å². The first-order valence-corrected chi connectivity index (χ1v) is 8.51. The van der Waals surface area contributed by atoms with Crippen molar-refractivity contribution in [3.8, 4) is 0 Å². The van der Waals surface area contributed by atoms with E-state index in [9.17, 15) is 0 Å². The summed E-state index contributed by atoms with van der Waals surface area (Å²) in [6.07, 6.45) is 2.48. The van der Waals surface area contributed by atoms with Crippen molar-refractivity contribution in [3.63, 3.8) is 0 Å². The van der Waals surface area contributed by atoms with Crippen LogP contribution in [0.2, 0.25) is 0 Å². The fourth-order valence-electron chi connectivity index (χ4n) is 2.78. The van der Waals surface area contributed by atoms with Crippen LogP contribution in [0.15, 0.2) is 24.3 Å². The Morgan fingerprint density at radius 3 is 1.95 bits per heavy atom. The van der Waals surface area contributed by atoms with Gasteiger partial charge in [0.1, 0.15) is 0 Å². The molecule has 1 aromatic carbocycles. The summed E-state index contributed by atoms with van der Waals surface area (Å²) >= 11 is 0. The van der Waals surface area contributed by atoms with Crippen LogP contribution in [0.1, 0.15) is 66.0 Å². The Hall–Kier alpha value is -0.820. The average Bonchev–Trinajstić information content (AvgIpc) is 2.35. The van der Waals surface area contributed by atoms with E-state index in [-0.39, 0.29) is 5.41 Å². The number of benzene rings is 1. The van der Waals surface area contributed by atoms with Gasteiger partial charge in [-0.3, -0.25) is 0 Å². The molecule has 0 amide bonds. The van der Waals surface area contributed by atoms with Gasteiger partial charge in [-0.15, -0.1) is 0 Å². The maximum atomic E-state index is 3.61. The van der Waals surface area contributed by atoms with Crippen LogP contribution in [0, 0.1) is 11.8 Å². The van der Waals surface area contributed by atoms with Crippen LogP contribution < -0.4 is 5.32 Å². The summed E-state index contributed by atoms with van der Waals surface area (Å²) in [5.74, 6) is 1.49. The molecular formula is C20H35N. The minimum Gasteiger partial charge on any atom is -0.314 e. The molecule has 0 bridgehead atoms. The molecule has 1 atom stereocenters. The van der Waals surface area contributed by atoms with E-state index in [2.05, 4.69) is 78.0 Å². The molecular weight excluding hydrogens is 254 g/mol. The molecule has 0 radical (unpaired) electrons. The van der Waals surface area contributed by atoms with Gasteiger partial charge in [0.05, 0.1) is 0 Å². The highest BCUT2D eigenvalue weighted by Crippen LogP contribution is 2.24. The molecule has 1 rings (SSSR count). The lowest BCUT2D eigenvalue weighted by Gasteiger charge is -2.22. The molecule has 1 aromatic rings. The summed E-state index contributed by atoms with van der Waals surface area (Å²) in [5, 5.41) is 3.61. The van der Waals surface area contributed by atoms with E-state index in [1.807, 2.05) is 0 Å². The highest BCUT2D eigenvalue weighted by atomic mass is 14.9. The number of hydrogen-bond donors (Lipinski definition) is 1. The Morgan fingerprint density at radius 1 is 0.952 bits per heavy atom. The van der Waals surface area contributed by atoms with Crippen molar-refractivity contribution in [1.29, 1.82) is 0 Å². The van der Waals surface area contributed by atoms with Crippen LogP contribution in [-0.4, -0.2) is 12.6 Å². The van der Waals surface area contributed by atoms with E-state index in [0.717, 1.165) is 18.4 Å². The SMILES string of the molecule is CC(C)CC(CNC(C)C)Cc1ccc(C(C)(C)C)cc1. The molecule has 0 saturated heterocycles.